The molecule has 1 saturated heterocycles. The summed E-state index contributed by atoms with van der Waals surface area (Å²) in [5.74, 6) is 2.14. The number of thioether (sulfide) groups is 1. The van der Waals surface area contributed by atoms with Crippen molar-refractivity contribution in [2.75, 3.05) is 24.6 Å². The second-order valence-electron chi connectivity index (χ2n) is 4.88. The lowest BCUT2D eigenvalue weighted by Gasteiger charge is -2.32. The number of hydrogen-bond donors (Lipinski definition) is 2. The topological polar surface area (TPSA) is 61.0 Å². The lowest BCUT2D eigenvalue weighted by atomic mass is 10.1. The number of rotatable bonds is 1. The molecule has 0 aliphatic carbocycles. The molecule has 1 amide bonds. The van der Waals surface area contributed by atoms with Gasteiger partial charge in [-0.05, 0) is 6.92 Å². The van der Waals surface area contributed by atoms with Crippen molar-refractivity contribution in [3.8, 4) is 0 Å². The van der Waals surface area contributed by atoms with Gasteiger partial charge in [0.25, 0.3) is 5.91 Å². The molecule has 1 unspecified atom stereocenters. The zero-order valence-corrected chi connectivity index (χ0v) is 12.6. The number of nitrogens with zero attached hydrogens (tertiary/aromatic N) is 2. The van der Waals surface area contributed by atoms with Crippen molar-refractivity contribution in [1.29, 1.82) is 0 Å². The summed E-state index contributed by atoms with van der Waals surface area (Å²) in [4.78, 5) is 14.5. The van der Waals surface area contributed by atoms with Crippen molar-refractivity contribution in [2.24, 2.45) is 0 Å². The van der Waals surface area contributed by atoms with Gasteiger partial charge in [0.1, 0.15) is 0 Å². The van der Waals surface area contributed by atoms with Crippen LogP contribution in [0.25, 0.3) is 0 Å². The average Bonchev–Trinajstić information content (AvgIpc) is 2.82. The number of nitrogens with one attached hydrogen (secondary N) is 2. The lowest BCUT2D eigenvalue weighted by molar-refractivity contribution is 0.0708. The van der Waals surface area contributed by atoms with E-state index in [2.05, 4.69) is 22.4 Å². The van der Waals surface area contributed by atoms with Gasteiger partial charge in [0.15, 0.2) is 5.69 Å². The maximum Gasteiger partial charge on any atom is 0.274 e. The van der Waals surface area contributed by atoms with E-state index in [9.17, 15) is 4.79 Å². The van der Waals surface area contributed by atoms with Crippen LogP contribution < -0.4 is 5.32 Å². The van der Waals surface area contributed by atoms with Crippen LogP contribution in [0.2, 0.25) is 0 Å². The molecule has 1 aromatic rings. The number of carbonyl (C=O) groups is 1. The number of halogens is 1. The zero-order chi connectivity index (χ0) is 12.5. The Morgan fingerprint density at radius 1 is 1.53 bits per heavy atom. The van der Waals surface area contributed by atoms with E-state index >= 15 is 0 Å². The van der Waals surface area contributed by atoms with Crippen molar-refractivity contribution in [2.45, 2.75) is 25.9 Å². The Bertz CT molecular complexity index is 465. The van der Waals surface area contributed by atoms with E-state index in [0.717, 1.165) is 48.8 Å². The van der Waals surface area contributed by atoms with Crippen molar-refractivity contribution in [3.05, 3.63) is 17.0 Å². The first-order valence-corrected chi connectivity index (χ1v) is 7.58. The highest BCUT2D eigenvalue weighted by Crippen LogP contribution is 2.21. The predicted molar refractivity (Wildman–Crippen MR) is 79.1 cm³/mol. The summed E-state index contributed by atoms with van der Waals surface area (Å²) < 4.78 is 0. The molecule has 7 heteroatoms. The molecule has 0 aromatic carbocycles. The highest BCUT2D eigenvalue weighted by atomic mass is 35.5. The largest absolute Gasteiger partial charge is 0.333 e. The summed E-state index contributed by atoms with van der Waals surface area (Å²) >= 11 is 1.92. The third-order valence-corrected chi connectivity index (χ3v) is 4.83. The second-order valence-corrected chi connectivity index (χ2v) is 6.03. The normalized spacial score (nSPS) is 22.6. The number of aromatic amines is 1. The van der Waals surface area contributed by atoms with E-state index in [4.69, 9.17) is 0 Å². The standard InChI is InChI=1S/C12H18N4OS.ClH/c1-8-7-18-5-4-16(8)12(17)11-9-6-13-3-2-10(9)14-15-11;/h8,13H,2-7H2,1H3,(H,14,15);1H. The van der Waals surface area contributed by atoms with Gasteiger partial charge in [0.2, 0.25) is 0 Å². The fourth-order valence-electron chi connectivity index (χ4n) is 2.57. The van der Waals surface area contributed by atoms with Crippen LogP contribution in [-0.4, -0.2) is 51.6 Å². The summed E-state index contributed by atoms with van der Waals surface area (Å²) in [6.07, 6.45) is 0.932. The van der Waals surface area contributed by atoms with Crippen molar-refractivity contribution in [1.82, 2.24) is 20.4 Å². The number of carbonyl (C=O) groups excluding carboxylic acids is 1. The summed E-state index contributed by atoms with van der Waals surface area (Å²) in [7, 11) is 0. The van der Waals surface area contributed by atoms with E-state index in [1.54, 1.807) is 0 Å². The minimum atomic E-state index is 0. The molecule has 2 aliphatic rings. The van der Waals surface area contributed by atoms with Gasteiger partial charge < -0.3 is 10.2 Å². The van der Waals surface area contributed by atoms with Crippen molar-refractivity contribution < 1.29 is 4.79 Å². The van der Waals surface area contributed by atoms with Crippen LogP contribution in [0.15, 0.2) is 0 Å². The minimum absolute atomic E-state index is 0. The van der Waals surface area contributed by atoms with E-state index in [1.165, 1.54) is 0 Å². The first-order chi connectivity index (χ1) is 8.77. The Morgan fingerprint density at radius 2 is 2.37 bits per heavy atom. The molecule has 3 rings (SSSR count). The van der Waals surface area contributed by atoms with Gasteiger partial charge in [0.05, 0.1) is 0 Å². The Balaban J connectivity index is 0.00000133. The fourth-order valence-corrected chi connectivity index (χ4v) is 3.58. The average molecular weight is 303 g/mol. The van der Waals surface area contributed by atoms with E-state index in [-0.39, 0.29) is 18.3 Å². The lowest BCUT2D eigenvalue weighted by Crippen LogP contribution is -2.45. The Morgan fingerprint density at radius 3 is 3.16 bits per heavy atom. The maximum absolute atomic E-state index is 12.5. The number of amides is 1. The molecule has 19 heavy (non-hydrogen) atoms. The first kappa shape index (κ1) is 14.7. The molecule has 0 saturated carbocycles. The Kier molecular flexibility index (Phi) is 4.76. The number of aromatic nitrogens is 2. The van der Waals surface area contributed by atoms with E-state index in [1.807, 2.05) is 16.7 Å². The molecule has 2 aliphatic heterocycles. The van der Waals surface area contributed by atoms with Gasteiger partial charge >= 0.3 is 0 Å². The number of fused-ring (bicyclic) bond motifs is 1. The maximum atomic E-state index is 12.5. The van der Waals surface area contributed by atoms with Crippen LogP contribution in [0.4, 0.5) is 0 Å². The SMILES string of the molecule is CC1CSCCN1C(=O)c1n[nH]c2c1CNCC2.Cl. The summed E-state index contributed by atoms with van der Waals surface area (Å²) in [6.45, 7) is 4.66. The van der Waals surface area contributed by atoms with Crippen LogP contribution in [-0.2, 0) is 13.0 Å². The molecule has 3 heterocycles. The van der Waals surface area contributed by atoms with Crippen molar-refractivity contribution in [3.63, 3.8) is 0 Å². The predicted octanol–water partition coefficient (Wildman–Crippen LogP) is 1.05. The smallest absolute Gasteiger partial charge is 0.274 e. The molecular formula is C12H19ClN4OS. The number of hydrogen-bond acceptors (Lipinski definition) is 4. The summed E-state index contributed by atoms with van der Waals surface area (Å²) in [5.41, 5.74) is 2.81. The quantitative estimate of drug-likeness (QED) is 0.814. The zero-order valence-electron chi connectivity index (χ0n) is 10.9. The van der Waals surface area contributed by atoms with E-state index < -0.39 is 0 Å². The number of H-pyrrole nitrogens is 1. The molecule has 0 radical (unpaired) electrons. The van der Waals surface area contributed by atoms with Crippen LogP contribution >= 0.6 is 24.2 Å². The van der Waals surface area contributed by atoms with Gasteiger partial charge in [-0.2, -0.15) is 16.9 Å². The van der Waals surface area contributed by atoms with Crippen molar-refractivity contribution >= 4 is 30.1 Å². The molecule has 5 nitrogen and oxygen atoms in total. The molecule has 0 spiro atoms. The van der Waals surface area contributed by atoms with Crippen LogP contribution in [0.3, 0.4) is 0 Å². The van der Waals surface area contributed by atoms with Gasteiger partial charge in [-0.15, -0.1) is 12.4 Å². The minimum Gasteiger partial charge on any atom is -0.333 e. The third-order valence-electron chi connectivity index (χ3n) is 3.64. The first-order valence-electron chi connectivity index (χ1n) is 6.43. The van der Waals surface area contributed by atoms with Gasteiger partial charge in [0, 0.05) is 54.9 Å². The fraction of sp³-hybridized carbons (Fsp3) is 0.667. The third kappa shape index (κ3) is 2.75. The molecule has 1 atom stereocenters. The Labute approximate surface area is 123 Å². The molecular weight excluding hydrogens is 284 g/mol. The molecule has 2 N–H and O–H groups in total. The molecule has 1 aromatic heterocycles. The highest BCUT2D eigenvalue weighted by Gasteiger charge is 2.29. The molecule has 106 valence electrons. The summed E-state index contributed by atoms with van der Waals surface area (Å²) in [6, 6.07) is 0.306. The van der Waals surface area contributed by atoms with Gasteiger partial charge in [-0.25, -0.2) is 0 Å². The van der Waals surface area contributed by atoms with Gasteiger partial charge in [-0.3, -0.25) is 9.89 Å². The second kappa shape index (κ2) is 6.15. The van der Waals surface area contributed by atoms with E-state index in [0.29, 0.717) is 11.7 Å². The Hall–Kier alpha value is -0.720. The van der Waals surface area contributed by atoms with Gasteiger partial charge in [-0.1, -0.05) is 0 Å². The summed E-state index contributed by atoms with van der Waals surface area (Å²) in [5, 5.41) is 10.6. The van der Waals surface area contributed by atoms with Crippen LogP contribution in [0, 0.1) is 0 Å². The highest BCUT2D eigenvalue weighted by molar-refractivity contribution is 7.99. The molecule has 1 fully saturated rings. The van der Waals surface area contributed by atoms with Crippen LogP contribution in [0.5, 0.6) is 0 Å². The molecule has 0 bridgehead atoms. The monoisotopic (exact) mass is 302 g/mol. The van der Waals surface area contributed by atoms with Crippen LogP contribution in [0.1, 0.15) is 28.7 Å².